The van der Waals surface area contributed by atoms with Gasteiger partial charge in [0, 0.05) is 13.0 Å². The van der Waals surface area contributed by atoms with Crippen molar-refractivity contribution in [2.75, 3.05) is 47.3 Å². The predicted octanol–water partition coefficient (Wildman–Crippen LogP) is 4.16. The maximum Gasteiger partial charge on any atom is 0.0792 e. The molecule has 0 aliphatic carbocycles. The fourth-order valence-corrected chi connectivity index (χ4v) is 2.45. The average molecular weight is 272 g/mol. The molecule has 0 aliphatic rings. The Morgan fingerprint density at radius 3 is 1.63 bits per heavy atom. The van der Waals surface area contributed by atoms with Gasteiger partial charge in [-0.05, 0) is 25.9 Å². The van der Waals surface area contributed by atoms with Crippen molar-refractivity contribution in [1.82, 2.24) is 4.90 Å². The zero-order chi connectivity index (χ0) is 14.6. The monoisotopic (exact) mass is 271 g/mol. The Balaban J connectivity index is 3.82. The lowest BCUT2D eigenvalue weighted by Crippen LogP contribution is -2.38. The lowest BCUT2D eigenvalue weighted by atomic mass is 10.2. The largest absolute Gasteiger partial charge is 0.331 e. The molecule has 0 aliphatic heterocycles. The van der Waals surface area contributed by atoms with Crippen LogP contribution >= 0.6 is 0 Å². The molecule has 0 saturated carbocycles. The number of nitrogens with zero attached hydrogens (tertiary/aromatic N) is 2. The van der Waals surface area contributed by atoms with E-state index in [1.54, 1.807) is 0 Å². The molecule has 0 saturated heterocycles. The second-order valence-electron chi connectivity index (χ2n) is 6.98. The van der Waals surface area contributed by atoms with Crippen molar-refractivity contribution in [3.05, 3.63) is 0 Å². The van der Waals surface area contributed by atoms with Crippen molar-refractivity contribution in [1.29, 1.82) is 0 Å². The normalized spacial score (nSPS) is 12.3. The average Bonchev–Trinajstić information content (AvgIpc) is 2.32. The molecule has 0 amide bonds. The summed E-state index contributed by atoms with van der Waals surface area (Å²) in [6.45, 7) is 9.81. The first-order chi connectivity index (χ1) is 8.99. The second-order valence-corrected chi connectivity index (χ2v) is 6.98. The van der Waals surface area contributed by atoms with E-state index >= 15 is 0 Å². The topological polar surface area (TPSA) is 3.24 Å². The first-order valence-electron chi connectivity index (χ1n) is 8.52. The van der Waals surface area contributed by atoms with Crippen LogP contribution in [0.5, 0.6) is 0 Å². The minimum absolute atomic E-state index is 1.10. The van der Waals surface area contributed by atoms with E-state index in [4.69, 9.17) is 0 Å². The second kappa shape index (κ2) is 11.7. The van der Waals surface area contributed by atoms with Gasteiger partial charge in [-0.25, -0.2) is 0 Å². The Bertz CT molecular complexity index is 184. The SMILES string of the molecule is CCCCCCN(CCCCC)CCC[N+](C)(C)C. The molecule has 0 unspecified atom stereocenters. The molecular weight excluding hydrogens is 232 g/mol. The van der Waals surface area contributed by atoms with Crippen LogP contribution in [0.2, 0.25) is 0 Å². The first-order valence-corrected chi connectivity index (χ1v) is 8.52. The molecule has 0 fully saturated rings. The third-order valence-electron chi connectivity index (χ3n) is 3.71. The number of hydrogen-bond donors (Lipinski definition) is 0. The lowest BCUT2D eigenvalue weighted by Gasteiger charge is -2.27. The number of quaternary nitrogens is 1. The van der Waals surface area contributed by atoms with Crippen LogP contribution in [0, 0.1) is 0 Å². The third kappa shape index (κ3) is 14.1. The Morgan fingerprint density at radius 2 is 1.11 bits per heavy atom. The Morgan fingerprint density at radius 1 is 0.632 bits per heavy atom. The summed E-state index contributed by atoms with van der Waals surface area (Å²) in [6, 6.07) is 0. The summed E-state index contributed by atoms with van der Waals surface area (Å²) in [4.78, 5) is 2.71. The van der Waals surface area contributed by atoms with Gasteiger partial charge in [-0.3, -0.25) is 0 Å². The third-order valence-corrected chi connectivity index (χ3v) is 3.71. The van der Waals surface area contributed by atoms with Crippen molar-refractivity contribution in [2.24, 2.45) is 0 Å². The van der Waals surface area contributed by atoms with Gasteiger partial charge >= 0.3 is 0 Å². The summed E-state index contributed by atoms with van der Waals surface area (Å²) in [7, 11) is 6.88. The van der Waals surface area contributed by atoms with E-state index in [9.17, 15) is 0 Å². The molecule has 0 spiro atoms. The van der Waals surface area contributed by atoms with E-state index in [0.29, 0.717) is 0 Å². The summed E-state index contributed by atoms with van der Waals surface area (Å²) in [5.74, 6) is 0. The molecule has 0 aromatic carbocycles. The van der Waals surface area contributed by atoms with Gasteiger partial charge in [-0.15, -0.1) is 0 Å². The van der Waals surface area contributed by atoms with Crippen LogP contribution in [0.25, 0.3) is 0 Å². The van der Waals surface area contributed by atoms with Gasteiger partial charge in [0.1, 0.15) is 0 Å². The van der Waals surface area contributed by atoms with E-state index in [1.807, 2.05) is 0 Å². The highest BCUT2D eigenvalue weighted by atomic mass is 15.3. The quantitative estimate of drug-likeness (QED) is 0.359. The van der Waals surface area contributed by atoms with Crippen LogP contribution < -0.4 is 0 Å². The van der Waals surface area contributed by atoms with E-state index in [1.165, 1.54) is 77.5 Å². The van der Waals surface area contributed by atoms with Gasteiger partial charge in [0.25, 0.3) is 0 Å². The maximum atomic E-state index is 2.71. The lowest BCUT2D eigenvalue weighted by molar-refractivity contribution is -0.870. The van der Waals surface area contributed by atoms with Gasteiger partial charge < -0.3 is 9.38 Å². The molecule has 19 heavy (non-hydrogen) atoms. The van der Waals surface area contributed by atoms with Crippen molar-refractivity contribution in [3.63, 3.8) is 0 Å². The molecular formula is C17H39N2+. The molecule has 0 aromatic rings. The fourth-order valence-electron chi connectivity index (χ4n) is 2.45. The van der Waals surface area contributed by atoms with Crippen LogP contribution in [0.4, 0.5) is 0 Å². The summed E-state index contributed by atoms with van der Waals surface area (Å²) in [6.07, 6.45) is 11.0. The van der Waals surface area contributed by atoms with Crippen molar-refractivity contribution in [3.8, 4) is 0 Å². The van der Waals surface area contributed by atoms with E-state index in [-0.39, 0.29) is 0 Å². The van der Waals surface area contributed by atoms with Gasteiger partial charge in [-0.2, -0.15) is 0 Å². The summed E-state index contributed by atoms with van der Waals surface area (Å²) in [5.41, 5.74) is 0. The molecule has 116 valence electrons. The molecule has 0 N–H and O–H groups in total. The van der Waals surface area contributed by atoms with Crippen LogP contribution in [0.15, 0.2) is 0 Å². The Hall–Kier alpha value is -0.0800. The highest BCUT2D eigenvalue weighted by molar-refractivity contribution is 4.59. The predicted molar refractivity (Wildman–Crippen MR) is 87.6 cm³/mol. The minimum atomic E-state index is 1.10. The highest BCUT2D eigenvalue weighted by Gasteiger charge is 2.09. The van der Waals surface area contributed by atoms with Crippen LogP contribution in [0.3, 0.4) is 0 Å². The van der Waals surface area contributed by atoms with Crippen molar-refractivity contribution in [2.45, 2.75) is 65.2 Å². The Kier molecular flexibility index (Phi) is 11.7. The summed E-state index contributed by atoms with van der Waals surface area (Å²) in [5, 5.41) is 0. The summed E-state index contributed by atoms with van der Waals surface area (Å²) >= 11 is 0. The van der Waals surface area contributed by atoms with Crippen molar-refractivity contribution < 1.29 is 4.48 Å². The maximum absolute atomic E-state index is 2.71. The number of rotatable bonds is 13. The highest BCUT2D eigenvalue weighted by Crippen LogP contribution is 2.06. The molecule has 2 heteroatoms. The van der Waals surface area contributed by atoms with Crippen LogP contribution in [-0.2, 0) is 0 Å². The van der Waals surface area contributed by atoms with Gasteiger partial charge in [0.05, 0.1) is 27.7 Å². The smallest absolute Gasteiger partial charge is 0.0792 e. The van der Waals surface area contributed by atoms with Gasteiger partial charge in [-0.1, -0.05) is 46.0 Å². The standard InChI is InChI=1S/C17H39N2/c1-6-8-10-12-15-18(14-11-9-7-2)16-13-17-19(3,4)5/h6-17H2,1-5H3/q+1. The van der Waals surface area contributed by atoms with E-state index < -0.39 is 0 Å². The molecule has 0 radical (unpaired) electrons. The van der Waals surface area contributed by atoms with Crippen LogP contribution in [-0.4, -0.2) is 56.7 Å². The molecule has 2 nitrogen and oxygen atoms in total. The van der Waals surface area contributed by atoms with E-state index in [0.717, 1.165) is 4.48 Å². The minimum Gasteiger partial charge on any atom is -0.331 e. The molecule has 0 atom stereocenters. The first kappa shape index (κ1) is 18.9. The zero-order valence-corrected chi connectivity index (χ0v) is 14.4. The van der Waals surface area contributed by atoms with Gasteiger partial charge in [0.2, 0.25) is 0 Å². The molecule has 0 rings (SSSR count). The number of hydrogen-bond acceptors (Lipinski definition) is 1. The zero-order valence-electron chi connectivity index (χ0n) is 14.4. The molecule has 0 heterocycles. The van der Waals surface area contributed by atoms with E-state index in [2.05, 4.69) is 39.9 Å². The van der Waals surface area contributed by atoms with Crippen molar-refractivity contribution >= 4 is 0 Å². The van der Waals surface area contributed by atoms with Crippen LogP contribution in [0.1, 0.15) is 65.2 Å². The Labute approximate surface area is 122 Å². The van der Waals surface area contributed by atoms with Gasteiger partial charge in [0.15, 0.2) is 0 Å². The summed E-state index contributed by atoms with van der Waals surface area (Å²) < 4.78 is 1.10. The fraction of sp³-hybridized carbons (Fsp3) is 1.00. The molecule has 0 aromatic heterocycles. The number of unbranched alkanes of at least 4 members (excludes halogenated alkanes) is 5. The molecule has 0 bridgehead atoms.